The fourth-order valence-corrected chi connectivity index (χ4v) is 5.19. The minimum absolute atomic E-state index is 0.0496. The molecule has 2 aliphatic rings. The molecule has 9 nitrogen and oxygen atoms in total. The van der Waals surface area contributed by atoms with Gasteiger partial charge in [-0.05, 0) is 32.6 Å². The molecule has 1 saturated carbocycles. The maximum Gasteiger partial charge on any atom is 0.407 e. The Labute approximate surface area is 191 Å². The summed E-state index contributed by atoms with van der Waals surface area (Å²) in [5.41, 5.74) is 0.844. The van der Waals surface area contributed by atoms with E-state index in [1.54, 1.807) is 6.20 Å². The van der Waals surface area contributed by atoms with Crippen molar-refractivity contribution in [2.45, 2.75) is 70.9 Å². The van der Waals surface area contributed by atoms with Crippen LogP contribution in [0.5, 0.6) is 0 Å². The van der Waals surface area contributed by atoms with E-state index in [1.165, 1.54) is 11.3 Å². The second-order valence-corrected chi connectivity index (χ2v) is 10.7. The predicted molar refractivity (Wildman–Crippen MR) is 121 cm³/mol. The van der Waals surface area contributed by atoms with E-state index in [0.717, 1.165) is 41.3 Å². The molecular formula is C22H31N5O4S. The number of anilines is 1. The quantitative estimate of drug-likeness (QED) is 0.606. The highest BCUT2D eigenvalue weighted by atomic mass is 32.1. The second kappa shape index (κ2) is 9.58. The van der Waals surface area contributed by atoms with E-state index < -0.39 is 0 Å². The first-order chi connectivity index (χ1) is 15.3. The number of hydrogen-bond donors (Lipinski definition) is 3. The van der Waals surface area contributed by atoms with Crippen LogP contribution in [-0.4, -0.2) is 52.5 Å². The number of aryl methyl sites for hydroxylation is 1. The summed E-state index contributed by atoms with van der Waals surface area (Å²) in [6.07, 6.45) is 4.77. The number of alkyl carbamates (subject to hydrolysis) is 1. The summed E-state index contributed by atoms with van der Waals surface area (Å²) < 4.78 is 11.2. The minimum Gasteiger partial charge on any atom is -0.446 e. The number of carbonyl (C=O) groups is 2. The van der Waals surface area contributed by atoms with Gasteiger partial charge in [-0.25, -0.2) is 9.78 Å². The average molecular weight is 462 g/mol. The van der Waals surface area contributed by atoms with Crippen molar-refractivity contribution in [1.29, 1.82) is 0 Å². The molecule has 4 rings (SSSR count). The Morgan fingerprint density at radius 3 is 2.94 bits per heavy atom. The Morgan fingerprint density at radius 2 is 2.19 bits per heavy atom. The molecule has 0 spiro atoms. The lowest BCUT2D eigenvalue weighted by Crippen LogP contribution is -2.51. The SMILES string of the molecule is Cc1ncc(CC(=O)Nc2cc([C@@H]3CC[C@H](OC(=O)N[C@@H]4CCOCC4(C)C)C3)[nH]n2)s1. The molecule has 0 unspecified atom stereocenters. The van der Waals surface area contributed by atoms with Crippen molar-refractivity contribution < 1.29 is 19.1 Å². The second-order valence-electron chi connectivity index (χ2n) is 9.34. The molecule has 3 heterocycles. The molecule has 32 heavy (non-hydrogen) atoms. The summed E-state index contributed by atoms with van der Waals surface area (Å²) in [7, 11) is 0. The molecule has 1 saturated heterocycles. The summed E-state index contributed by atoms with van der Waals surface area (Å²) >= 11 is 1.51. The van der Waals surface area contributed by atoms with E-state index in [0.29, 0.717) is 19.0 Å². The van der Waals surface area contributed by atoms with Gasteiger partial charge in [-0.2, -0.15) is 5.10 Å². The molecular weight excluding hydrogens is 430 g/mol. The Bertz CT molecular complexity index is 956. The molecule has 174 valence electrons. The van der Waals surface area contributed by atoms with Crippen LogP contribution in [0.1, 0.15) is 61.0 Å². The number of aromatic nitrogens is 3. The van der Waals surface area contributed by atoms with Gasteiger partial charge in [0, 0.05) is 46.8 Å². The monoisotopic (exact) mass is 461 g/mol. The molecule has 0 aromatic carbocycles. The number of amides is 2. The highest BCUT2D eigenvalue weighted by molar-refractivity contribution is 7.11. The normalized spacial score (nSPS) is 24.8. The van der Waals surface area contributed by atoms with Crippen molar-refractivity contribution in [3.05, 3.63) is 27.8 Å². The number of H-pyrrole nitrogens is 1. The highest BCUT2D eigenvalue weighted by Gasteiger charge is 2.36. The predicted octanol–water partition coefficient (Wildman–Crippen LogP) is 3.53. The lowest BCUT2D eigenvalue weighted by molar-refractivity contribution is -0.115. The van der Waals surface area contributed by atoms with Crippen molar-refractivity contribution in [2.75, 3.05) is 18.5 Å². The maximum absolute atomic E-state index is 12.4. The molecule has 2 aromatic heterocycles. The third-order valence-electron chi connectivity index (χ3n) is 6.23. The first-order valence-corrected chi connectivity index (χ1v) is 11.9. The van der Waals surface area contributed by atoms with Crippen LogP contribution in [0.15, 0.2) is 12.3 Å². The highest BCUT2D eigenvalue weighted by Crippen LogP contribution is 2.36. The van der Waals surface area contributed by atoms with Gasteiger partial charge in [0.15, 0.2) is 5.82 Å². The van der Waals surface area contributed by atoms with Gasteiger partial charge in [0.25, 0.3) is 0 Å². The van der Waals surface area contributed by atoms with Crippen molar-refractivity contribution in [2.24, 2.45) is 5.41 Å². The van der Waals surface area contributed by atoms with Gasteiger partial charge in [-0.3, -0.25) is 9.89 Å². The third kappa shape index (κ3) is 5.66. The smallest absolute Gasteiger partial charge is 0.407 e. The lowest BCUT2D eigenvalue weighted by atomic mass is 9.82. The molecule has 0 bridgehead atoms. The molecule has 1 aliphatic carbocycles. The van der Waals surface area contributed by atoms with E-state index in [1.807, 2.05) is 13.0 Å². The lowest BCUT2D eigenvalue weighted by Gasteiger charge is -2.38. The molecule has 10 heteroatoms. The fourth-order valence-electron chi connectivity index (χ4n) is 4.39. The zero-order chi connectivity index (χ0) is 22.7. The number of thiazole rings is 1. The van der Waals surface area contributed by atoms with Gasteiger partial charge in [-0.1, -0.05) is 13.8 Å². The summed E-state index contributed by atoms with van der Waals surface area (Å²) in [6, 6.07) is 1.92. The number of rotatable bonds is 6. The summed E-state index contributed by atoms with van der Waals surface area (Å²) in [5, 5.41) is 14.1. The number of hydrogen-bond acceptors (Lipinski definition) is 7. The van der Waals surface area contributed by atoms with Crippen LogP contribution in [0.25, 0.3) is 0 Å². The molecule has 2 aromatic rings. The van der Waals surface area contributed by atoms with Crippen molar-refractivity contribution in [1.82, 2.24) is 20.5 Å². The van der Waals surface area contributed by atoms with Gasteiger partial charge in [0.05, 0.1) is 18.0 Å². The van der Waals surface area contributed by atoms with E-state index in [2.05, 4.69) is 39.7 Å². The van der Waals surface area contributed by atoms with Crippen LogP contribution in [-0.2, 0) is 20.7 Å². The Kier molecular flexibility index (Phi) is 6.80. The Balaban J connectivity index is 1.24. The molecule has 2 fully saturated rings. The molecule has 2 amide bonds. The average Bonchev–Trinajstić information content (AvgIpc) is 3.45. The Hall–Kier alpha value is -2.46. The zero-order valence-corrected chi connectivity index (χ0v) is 19.6. The summed E-state index contributed by atoms with van der Waals surface area (Å²) in [5.74, 6) is 0.608. The van der Waals surface area contributed by atoms with Gasteiger partial charge in [-0.15, -0.1) is 11.3 Å². The molecule has 0 radical (unpaired) electrons. The van der Waals surface area contributed by atoms with Crippen molar-refractivity contribution in [3.63, 3.8) is 0 Å². The number of aromatic amines is 1. The molecule has 3 atom stereocenters. The Morgan fingerprint density at radius 1 is 1.34 bits per heavy atom. The molecule has 3 N–H and O–H groups in total. The third-order valence-corrected chi connectivity index (χ3v) is 7.14. The van der Waals surface area contributed by atoms with Crippen molar-refractivity contribution >= 4 is 29.2 Å². The summed E-state index contributed by atoms with van der Waals surface area (Å²) in [4.78, 5) is 29.8. The van der Waals surface area contributed by atoms with Gasteiger partial charge in [0.2, 0.25) is 5.91 Å². The van der Waals surface area contributed by atoms with Gasteiger partial charge in [0.1, 0.15) is 6.10 Å². The van der Waals surface area contributed by atoms with Crippen LogP contribution >= 0.6 is 11.3 Å². The van der Waals surface area contributed by atoms with Crippen LogP contribution in [0.4, 0.5) is 10.6 Å². The number of nitrogens with one attached hydrogen (secondary N) is 3. The van der Waals surface area contributed by atoms with E-state index in [-0.39, 0.29) is 41.9 Å². The zero-order valence-electron chi connectivity index (χ0n) is 18.8. The van der Waals surface area contributed by atoms with Crippen LogP contribution in [0, 0.1) is 12.3 Å². The molecule has 1 aliphatic heterocycles. The minimum atomic E-state index is -0.355. The number of nitrogens with zero attached hydrogens (tertiary/aromatic N) is 2. The van der Waals surface area contributed by atoms with Crippen LogP contribution in [0.2, 0.25) is 0 Å². The summed E-state index contributed by atoms with van der Waals surface area (Å²) in [6.45, 7) is 7.39. The number of carbonyl (C=O) groups excluding carboxylic acids is 2. The first-order valence-electron chi connectivity index (χ1n) is 11.1. The van der Waals surface area contributed by atoms with E-state index in [9.17, 15) is 9.59 Å². The first kappa shape index (κ1) is 22.7. The van der Waals surface area contributed by atoms with E-state index >= 15 is 0 Å². The largest absolute Gasteiger partial charge is 0.446 e. The van der Waals surface area contributed by atoms with Crippen LogP contribution < -0.4 is 10.6 Å². The fraction of sp³-hybridized carbons (Fsp3) is 0.636. The topological polar surface area (TPSA) is 118 Å². The van der Waals surface area contributed by atoms with Gasteiger partial charge < -0.3 is 20.1 Å². The van der Waals surface area contributed by atoms with Crippen LogP contribution in [0.3, 0.4) is 0 Å². The number of ether oxygens (including phenoxy) is 2. The van der Waals surface area contributed by atoms with E-state index in [4.69, 9.17) is 9.47 Å². The van der Waals surface area contributed by atoms with Crippen molar-refractivity contribution in [3.8, 4) is 0 Å². The standard InChI is InChI=1S/C22H31N5O4S/c1-13-23-11-16(32-13)9-20(28)25-19-10-17(26-27-19)14-4-5-15(8-14)31-21(29)24-18-6-7-30-12-22(18,2)3/h10-11,14-15,18H,4-9,12H2,1-3H3,(H,24,29)(H2,25,26,27,28)/t14-,15+,18-/m1/s1. The maximum atomic E-state index is 12.4. The van der Waals surface area contributed by atoms with Gasteiger partial charge >= 0.3 is 6.09 Å².